The van der Waals surface area contributed by atoms with Crippen molar-refractivity contribution in [1.29, 1.82) is 0 Å². The number of likely N-dealkylation sites (tertiary alicyclic amines) is 1. The maximum atomic E-state index is 13.0. The number of aliphatic hydroxyl groups excluding tert-OH is 1. The number of nitrogens with zero attached hydrogens (tertiary/aromatic N) is 1. The summed E-state index contributed by atoms with van der Waals surface area (Å²) in [6, 6.07) is 7.48. The molecule has 0 radical (unpaired) electrons. The van der Waals surface area contributed by atoms with Gasteiger partial charge in [-0.15, -0.1) is 0 Å². The molecule has 2 atom stereocenters. The van der Waals surface area contributed by atoms with Crippen molar-refractivity contribution in [3.63, 3.8) is 0 Å². The van der Waals surface area contributed by atoms with E-state index in [1.54, 1.807) is 30.0 Å². The predicted octanol–water partition coefficient (Wildman–Crippen LogP) is 2.68. The van der Waals surface area contributed by atoms with Crippen LogP contribution in [0.5, 0.6) is 0 Å². The Morgan fingerprint density at radius 1 is 1.33 bits per heavy atom. The van der Waals surface area contributed by atoms with E-state index >= 15 is 0 Å². The lowest BCUT2D eigenvalue weighted by molar-refractivity contribution is 0.0682. The second kappa shape index (κ2) is 5.33. The Bertz CT molecular complexity index is 650. The third kappa shape index (κ3) is 2.56. The molecule has 0 saturated carbocycles. The summed E-state index contributed by atoms with van der Waals surface area (Å²) in [5.41, 5.74) is 1.57. The molecule has 1 aromatic heterocycles. The van der Waals surface area contributed by atoms with Gasteiger partial charge in [0, 0.05) is 12.1 Å². The highest BCUT2D eigenvalue weighted by Gasteiger charge is 2.37. The lowest BCUT2D eigenvalue weighted by Crippen LogP contribution is -2.31. The summed E-state index contributed by atoms with van der Waals surface area (Å²) in [4.78, 5) is 14.2. The third-order valence-corrected chi connectivity index (χ3v) is 3.85. The molecule has 0 bridgehead atoms. The molecule has 1 aromatic carbocycles. The molecule has 110 valence electrons. The number of rotatable bonds is 2. The minimum atomic E-state index is -0.584. The fourth-order valence-corrected chi connectivity index (χ4v) is 2.76. The second-order valence-electron chi connectivity index (χ2n) is 5.35. The predicted molar refractivity (Wildman–Crippen MR) is 74.2 cm³/mol. The molecule has 1 aliphatic rings. The van der Waals surface area contributed by atoms with Crippen LogP contribution in [-0.4, -0.2) is 28.6 Å². The largest absolute Gasteiger partial charge is 0.459 e. The monoisotopic (exact) mass is 289 g/mol. The summed E-state index contributed by atoms with van der Waals surface area (Å²) in [5, 5.41) is 9.90. The summed E-state index contributed by atoms with van der Waals surface area (Å²) in [5.74, 6) is -0.281. The van der Waals surface area contributed by atoms with E-state index in [-0.39, 0.29) is 30.1 Å². The molecular weight excluding hydrogens is 273 g/mol. The number of aliphatic hydroxyl groups is 1. The number of hydrogen-bond donors (Lipinski definition) is 1. The average molecular weight is 289 g/mol. The highest BCUT2D eigenvalue weighted by molar-refractivity contribution is 5.93. The summed E-state index contributed by atoms with van der Waals surface area (Å²) in [7, 11) is 0. The molecular formula is C16H16FNO3. The van der Waals surface area contributed by atoms with Crippen LogP contribution in [0, 0.1) is 12.7 Å². The Hall–Kier alpha value is -2.14. The molecule has 0 aliphatic carbocycles. The van der Waals surface area contributed by atoms with Crippen LogP contribution in [0.3, 0.4) is 0 Å². The van der Waals surface area contributed by atoms with Crippen LogP contribution >= 0.6 is 0 Å². The molecule has 4 nitrogen and oxygen atoms in total. The van der Waals surface area contributed by atoms with Gasteiger partial charge in [0.15, 0.2) is 5.76 Å². The average Bonchev–Trinajstić information content (AvgIpc) is 3.05. The van der Waals surface area contributed by atoms with Crippen molar-refractivity contribution < 1.29 is 18.7 Å². The second-order valence-corrected chi connectivity index (χ2v) is 5.35. The van der Waals surface area contributed by atoms with Crippen LogP contribution in [0.2, 0.25) is 0 Å². The number of furan rings is 1. The fourth-order valence-electron chi connectivity index (χ4n) is 2.76. The highest BCUT2D eigenvalue weighted by atomic mass is 19.1. The molecule has 1 amide bonds. The van der Waals surface area contributed by atoms with Crippen molar-refractivity contribution in [3.05, 3.63) is 59.3 Å². The van der Waals surface area contributed by atoms with Gasteiger partial charge < -0.3 is 14.4 Å². The van der Waals surface area contributed by atoms with Crippen LogP contribution < -0.4 is 0 Å². The topological polar surface area (TPSA) is 53.7 Å². The molecule has 0 spiro atoms. The van der Waals surface area contributed by atoms with E-state index in [4.69, 9.17) is 4.42 Å². The van der Waals surface area contributed by atoms with Crippen LogP contribution in [-0.2, 0) is 0 Å². The fraction of sp³-hybridized carbons (Fsp3) is 0.312. The van der Waals surface area contributed by atoms with Crippen LogP contribution in [0.25, 0.3) is 0 Å². The Labute approximate surface area is 121 Å². The number of hydrogen-bond acceptors (Lipinski definition) is 3. The van der Waals surface area contributed by atoms with Crippen molar-refractivity contribution in [2.24, 2.45) is 0 Å². The van der Waals surface area contributed by atoms with Crippen molar-refractivity contribution >= 4 is 5.91 Å². The summed E-state index contributed by atoms with van der Waals surface area (Å²) in [6.07, 6.45) is 1.33. The number of β-amino-alcohol motifs (C(OH)–C–C–N with tert-alkyl or cyclic N) is 1. The number of aryl methyl sites for hydroxylation is 1. The van der Waals surface area contributed by atoms with Gasteiger partial charge in [-0.3, -0.25) is 4.79 Å². The third-order valence-electron chi connectivity index (χ3n) is 3.85. The zero-order valence-electron chi connectivity index (χ0n) is 11.6. The van der Waals surface area contributed by atoms with Crippen molar-refractivity contribution in [1.82, 2.24) is 4.90 Å². The van der Waals surface area contributed by atoms with Crippen molar-refractivity contribution in [3.8, 4) is 0 Å². The Kier molecular flexibility index (Phi) is 3.51. The smallest absolute Gasteiger partial charge is 0.290 e. The Morgan fingerprint density at radius 2 is 2.05 bits per heavy atom. The standard InChI is InChI=1S/C16H16FNO3/c1-10-6-7-21-15(10)16(20)18-9-13(19)8-14(18)11-2-4-12(17)5-3-11/h2-7,13-14,19H,8-9H2,1H3/t13-,14-/m1/s1. The Balaban J connectivity index is 1.91. The number of benzene rings is 1. The first-order chi connectivity index (χ1) is 10.1. The van der Waals surface area contributed by atoms with Gasteiger partial charge in [0.25, 0.3) is 5.91 Å². The van der Waals surface area contributed by atoms with Gasteiger partial charge in [0.05, 0.1) is 18.4 Å². The van der Waals surface area contributed by atoms with E-state index in [9.17, 15) is 14.3 Å². The van der Waals surface area contributed by atoms with Crippen LogP contribution in [0.15, 0.2) is 41.0 Å². The summed E-state index contributed by atoms with van der Waals surface area (Å²) in [6.45, 7) is 2.05. The molecule has 1 aliphatic heterocycles. The lowest BCUT2D eigenvalue weighted by atomic mass is 10.0. The number of halogens is 1. The maximum Gasteiger partial charge on any atom is 0.290 e. The van der Waals surface area contributed by atoms with E-state index in [1.807, 2.05) is 0 Å². The van der Waals surface area contributed by atoms with Gasteiger partial charge >= 0.3 is 0 Å². The molecule has 21 heavy (non-hydrogen) atoms. The van der Waals surface area contributed by atoms with Gasteiger partial charge in [-0.2, -0.15) is 0 Å². The zero-order valence-corrected chi connectivity index (χ0v) is 11.6. The van der Waals surface area contributed by atoms with Gasteiger partial charge in [0.1, 0.15) is 5.82 Å². The zero-order chi connectivity index (χ0) is 15.0. The number of carbonyl (C=O) groups excluding carboxylic acids is 1. The molecule has 2 heterocycles. The molecule has 3 rings (SSSR count). The minimum absolute atomic E-state index is 0.247. The highest BCUT2D eigenvalue weighted by Crippen LogP contribution is 2.34. The van der Waals surface area contributed by atoms with Crippen molar-refractivity contribution in [2.75, 3.05) is 6.54 Å². The van der Waals surface area contributed by atoms with E-state index < -0.39 is 6.10 Å². The molecule has 2 aromatic rings. The van der Waals surface area contributed by atoms with Gasteiger partial charge in [-0.05, 0) is 37.1 Å². The van der Waals surface area contributed by atoms with Gasteiger partial charge in [-0.25, -0.2) is 4.39 Å². The van der Waals surface area contributed by atoms with Crippen molar-refractivity contribution in [2.45, 2.75) is 25.5 Å². The molecule has 5 heteroatoms. The van der Waals surface area contributed by atoms with E-state index in [0.717, 1.165) is 11.1 Å². The van der Waals surface area contributed by atoms with E-state index in [2.05, 4.69) is 0 Å². The number of amides is 1. The first-order valence-electron chi connectivity index (χ1n) is 6.85. The lowest BCUT2D eigenvalue weighted by Gasteiger charge is -2.24. The van der Waals surface area contributed by atoms with E-state index in [1.165, 1.54) is 18.4 Å². The van der Waals surface area contributed by atoms with Crippen LogP contribution in [0.4, 0.5) is 4.39 Å². The summed E-state index contributed by atoms with van der Waals surface area (Å²) < 4.78 is 18.3. The molecule has 1 N–H and O–H groups in total. The summed E-state index contributed by atoms with van der Waals surface area (Å²) >= 11 is 0. The normalized spacial score (nSPS) is 21.8. The molecule has 1 saturated heterocycles. The quantitative estimate of drug-likeness (QED) is 0.924. The first kappa shape index (κ1) is 13.8. The van der Waals surface area contributed by atoms with Crippen LogP contribution in [0.1, 0.15) is 34.1 Å². The SMILES string of the molecule is Cc1ccoc1C(=O)N1C[C@H](O)C[C@@H]1c1ccc(F)cc1. The molecule has 0 unspecified atom stereocenters. The number of carbonyl (C=O) groups is 1. The van der Waals surface area contributed by atoms with E-state index in [0.29, 0.717) is 6.42 Å². The maximum absolute atomic E-state index is 13.0. The van der Waals surface area contributed by atoms with Gasteiger partial charge in [0.2, 0.25) is 0 Å². The minimum Gasteiger partial charge on any atom is -0.459 e. The Morgan fingerprint density at radius 3 is 2.67 bits per heavy atom. The van der Waals surface area contributed by atoms with Gasteiger partial charge in [-0.1, -0.05) is 12.1 Å². The molecule has 1 fully saturated rings. The first-order valence-corrected chi connectivity index (χ1v) is 6.85.